The Bertz CT molecular complexity index is 998. The van der Waals surface area contributed by atoms with E-state index < -0.39 is 0 Å². The van der Waals surface area contributed by atoms with Gasteiger partial charge in [-0.05, 0) is 76.2 Å². The van der Waals surface area contributed by atoms with Crippen LogP contribution in [0, 0.1) is 11.8 Å². The van der Waals surface area contributed by atoms with Crippen LogP contribution in [-0.2, 0) is 4.79 Å². The van der Waals surface area contributed by atoms with Crippen LogP contribution in [0.25, 0.3) is 10.9 Å². The first-order chi connectivity index (χ1) is 15.9. The minimum atomic E-state index is -0.162. The van der Waals surface area contributed by atoms with Crippen molar-refractivity contribution in [3.63, 3.8) is 0 Å². The molecule has 0 radical (unpaired) electrons. The number of carbonyl (C=O) groups excluding carboxylic acids is 2. The fraction of sp³-hybridized carbons (Fsp3) is 0.600. The summed E-state index contributed by atoms with van der Waals surface area (Å²) < 4.78 is 7.84. The fourth-order valence-corrected chi connectivity index (χ4v) is 5.46. The number of carbonyl (C=O) groups is 2. The highest BCUT2D eigenvalue weighted by Crippen LogP contribution is 2.32. The van der Waals surface area contributed by atoms with Crippen LogP contribution < -0.4 is 0 Å². The third-order valence-electron chi connectivity index (χ3n) is 7.24. The summed E-state index contributed by atoms with van der Waals surface area (Å²) in [6.45, 7) is 6.61. The Morgan fingerprint density at radius 1 is 1.15 bits per heavy atom. The van der Waals surface area contributed by atoms with Gasteiger partial charge in [-0.2, -0.15) is 0 Å². The van der Waals surface area contributed by atoms with E-state index in [1.165, 1.54) is 25.9 Å². The van der Waals surface area contributed by atoms with E-state index in [-0.39, 0.29) is 36.9 Å². The molecule has 2 amide bonds. The summed E-state index contributed by atoms with van der Waals surface area (Å²) >= 11 is 6.14. The zero-order chi connectivity index (χ0) is 23.5. The van der Waals surface area contributed by atoms with E-state index in [0.29, 0.717) is 22.6 Å². The van der Waals surface area contributed by atoms with Crippen molar-refractivity contribution in [3.05, 3.63) is 35.0 Å². The van der Waals surface area contributed by atoms with Crippen LogP contribution in [0.5, 0.6) is 0 Å². The van der Waals surface area contributed by atoms with Crippen molar-refractivity contribution in [2.24, 2.45) is 11.8 Å². The summed E-state index contributed by atoms with van der Waals surface area (Å²) in [6.07, 6.45) is 5.60. The molecule has 0 spiro atoms. The Hall–Kier alpha value is -1.76. The lowest BCUT2D eigenvalue weighted by molar-refractivity contribution is -0.133. The van der Waals surface area contributed by atoms with Crippen molar-refractivity contribution in [1.82, 2.24) is 19.7 Å². The molecule has 1 aromatic carbocycles. The molecular weight excluding hydrogens is 459 g/mol. The van der Waals surface area contributed by atoms with E-state index in [9.17, 15) is 9.59 Å². The van der Waals surface area contributed by atoms with Gasteiger partial charge in [0.05, 0.1) is 6.39 Å². The second-order valence-corrected chi connectivity index (χ2v) is 9.79. The average molecular weight is 497 g/mol. The molecule has 0 bridgehead atoms. The zero-order valence-electron chi connectivity index (χ0n) is 20.6. The van der Waals surface area contributed by atoms with E-state index >= 15 is 0 Å². The van der Waals surface area contributed by atoms with Gasteiger partial charge in [0.15, 0.2) is 0 Å². The number of piperidine rings is 2. The summed E-state index contributed by atoms with van der Waals surface area (Å²) in [5.74, 6) is 1.39. The number of aromatic amines is 1. The molecule has 0 unspecified atom stereocenters. The lowest BCUT2D eigenvalue weighted by atomic mass is 9.79. The van der Waals surface area contributed by atoms with Crippen molar-refractivity contribution in [2.45, 2.75) is 39.0 Å². The smallest absolute Gasteiger partial charge is 0.254 e. The lowest BCUT2D eigenvalue weighted by Gasteiger charge is -2.39. The molecular formula is C25H36Cl2N4O2. The highest BCUT2D eigenvalue weighted by Gasteiger charge is 2.31. The molecule has 0 aliphatic carbocycles. The first-order valence-electron chi connectivity index (χ1n) is 12.4. The minimum Gasteiger partial charge on any atom is -0.360 e. The van der Waals surface area contributed by atoms with Gasteiger partial charge < -0.3 is 19.7 Å². The number of hydrogen-bond acceptors (Lipinski definition) is 3. The molecule has 1 aromatic heterocycles. The number of H-pyrrole nitrogens is 1. The van der Waals surface area contributed by atoms with E-state index in [1.54, 1.807) is 23.1 Å². The molecule has 6 nitrogen and oxygen atoms in total. The van der Waals surface area contributed by atoms with Crippen LogP contribution in [0.4, 0.5) is 0 Å². The normalized spacial score (nSPS) is 18.8. The van der Waals surface area contributed by atoms with Gasteiger partial charge in [-0.1, -0.05) is 24.6 Å². The maximum Gasteiger partial charge on any atom is 0.254 e. The Morgan fingerprint density at radius 3 is 2.42 bits per heavy atom. The summed E-state index contributed by atoms with van der Waals surface area (Å²) in [4.78, 5) is 35.2. The number of nitrogens with one attached hydrogen (secondary N) is 1. The van der Waals surface area contributed by atoms with E-state index in [2.05, 4.69) is 16.9 Å². The standard InChI is InChI=1S/C25H35ClN4O2.ClH/c1-3-10-30(25(32)20-4-5-21-22(26)16-27-23(21)15-20)17-24(31)29-13-8-19(9-14-29)18-6-11-28(2)12-7-18;/h4-5,15-16,18-19,27H,3,6-14,17H2,1-2H3;1H/i16D;. The largest absolute Gasteiger partial charge is 0.360 e. The summed E-state index contributed by atoms with van der Waals surface area (Å²) in [7, 11) is 2.19. The Morgan fingerprint density at radius 2 is 1.79 bits per heavy atom. The Kier molecular flexibility index (Phi) is 8.55. The van der Waals surface area contributed by atoms with Crippen LogP contribution in [-0.4, -0.2) is 77.8 Å². The van der Waals surface area contributed by atoms with Crippen molar-refractivity contribution in [2.75, 3.05) is 46.3 Å². The Balaban J connectivity index is 0.00000324. The van der Waals surface area contributed by atoms with Crippen molar-refractivity contribution in [1.29, 1.82) is 0 Å². The molecule has 33 heavy (non-hydrogen) atoms. The van der Waals surface area contributed by atoms with Gasteiger partial charge in [-0.25, -0.2) is 0 Å². The van der Waals surface area contributed by atoms with Crippen molar-refractivity contribution >= 4 is 46.7 Å². The maximum atomic E-state index is 13.2. The number of fused-ring (bicyclic) bond motifs is 1. The maximum absolute atomic E-state index is 13.2. The first kappa shape index (κ1) is 24.4. The molecule has 182 valence electrons. The molecule has 0 atom stereocenters. The van der Waals surface area contributed by atoms with E-state index in [0.717, 1.165) is 49.6 Å². The van der Waals surface area contributed by atoms with Crippen LogP contribution in [0.15, 0.2) is 24.4 Å². The van der Waals surface area contributed by atoms with Crippen molar-refractivity contribution in [3.8, 4) is 0 Å². The number of amides is 2. The van der Waals surface area contributed by atoms with Gasteiger partial charge in [0, 0.05) is 42.3 Å². The third kappa shape index (κ3) is 6.03. The van der Waals surface area contributed by atoms with Crippen LogP contribution in [0.3, 0.4) is 0 Å². The van der Waals surface area contributed by atoms with Gasteiger partial charge >= 0.3 is 0 Å². The van der Waals surface area contributed by atoms with Gasteiger partial charge in [-0.15, -0.1) is 12.4 Å². The lowest BCUT2D eigenvalue weighted by Crippen LogP contribution is -2.47. The van der Waals surface area contributed by atoms with Gasteiger partial charge in [0.2, 0.25) is 5.91 Å². The number of nitrogens with zero attached hydrogens (tertiary/aromatic N) is 3. The summed E-state index contributed by atoms with van der Waals surface area (Å²) in [6, 6.07) is 5.21. The minimum absolute atomic E-state index is 0. The first-order valence-corrected chi connectivity index (χ1v) is 12.3. The molecule has 1 N–H and O–H groups in total. The van der Waals surface area contributed by atoms with Crippen LogP contribution >= 0.6 is 24.0 Å². The second-order valence-electron chi connectivity index (χ2n) is 9.41. The van der Waals surface area contributed by atoms with Crippen LogP contribution in [0.2, 0.25) is 5.02 Å². The predicted molar refractivity (Wildman–Crippen MR) is 136 cm³/mol. The average Bonchev–Trinajstić information content (AvgIpc) is 3.11. The second kappa shape index (κ2) is 11.6. The Labute approximate surface area is 209 Å². The fourth-order valence-electron chi connectivity index (χ4n) is 5.25. The highest BCUT2D eigenvalue weighted by atomic mass is 35.5. The molecule has 3 heterocycles. The molecule has 2 aromatic rings. The number of hydrogen-bond donors (Lipinski definition) is 1. The third-order valence-corrected chi connectivity index (χ3v) is 7.54. The van der Waals surface area contributed by atoms with Gasteiger partial charge in [0.1, 0.15) is 6.54 Å². The number of rotatable bonds is 6. The van der Waals surface area contributed by atoms with E-state index in [4.69, 9.17) is 13.0 Å². The van der Waals surface area contributed by atoms with Gasteiger partial charge in [-0.3, -0.25) is 9.59 Å². The SMILES string of the molecule is Cl.[2H]c1[nH]c2cc(C(=O)N(CCC)CC(=O)N3CCC(C4CCN(C)CC4)CC3)ccc2c1Cl. The monoisotopic (exact) mass is 495 g/mol. The van der Waals surface area contributed by atoms with E-state index in [1.807, 2.05) is 11.8 Å². The molecule has 8 heteroatoms. The van der Waals surface area contributed by atoms with Crippen LogP contribution in [0.1, 0.15) is 50.8 Å². The number of likely N-dealkylation sites (tertiary alicyclic amines) is 2. The summed E-state index contributed by atoms with van der Waals surface area (Å²) in [5.41, 5.74) is 1.16. The molecule has 2 aliphatic rings. The molecule has 2 saturated heterocycles. The predicted octanol–water partition coefficient (Wildman–Crippen LogP) is 4.68. The summed E-state index contributed by atoms with van der Waals surface area (Å²) in [5, 5.41) is 1.08. The topological polar surface area (TPSA) is 59.7 Å². The molecule has 0 saturated carbocycles. The highest BCUT2D eigenvalue weighted by molar-refractivity contribution is 6.35. The number of halogens is 2. The number of benzene rings is 1. The van der Waals surface area contributed by atoms with Crippen molar-refractivity contribution < 1.29 is 11.0 Å². The molecule has 2 aliphatic heterocycles. The zero-order valence-corrected chi connectivity index (χ0v) is 21.2. The number of aromatic nitrogens is 1. The molecule has 4 rings (SSSR count). The van der Waals surface area contributed by atoms with Gasteiger partial charge in [0.25, 0.3) is 5.91 Å². The quantitative estimate of drug-likeness (QED) is 0.632. The molecule has 2 fully saturated rings.